The molecule has 85 heavy (non-hydrogen) atoms. The molecule has 0 saturated heterocycles. The molecule has 17 aromatic rings. The normalized spacial score (nSPS) is 12.1. The molecule has 0 saturated carbocycles. The fourth-order valence-corrected chi connectivity index (χ4v) is 14.3. The summed E-state index contributed by atoms with van der Waals surface area (Å²) in [7, 11) is 0. The van der Waals surface area contributed by atoms with E-state index in [1.165, 1.54) is 60.0 Å². The van der Waals surface area contributed by atoms with Crippen molar-refractivity contribution in [2.24, 2.45) is 0 Å². The van der Waals surface area contributed by atoms with Crippen molar-refractivity contribution in [2.45, 2.75) is 41.5 Å². The molecule has 0 N–H and O–H groups in total. The Labute approximate surface area is 491 Å². The van der Waals surface area contributed by atoms with Gasteiger partial charge in [-0.2, -0.15) is 0 Å². The van der Waals surface area contributed by atoms with Gasteiger partial charge in [-0.1, -0.05) is 156 Å². The second kappa shape index (κ2) is 18.4. The Bertz CT molecular complexity index is 5680. The summed E-state index contributed by atoms with van der Waals surface area (Å²) in [5, 5.41) is 9.39. The van der Waals surface area contributed by atoms with E-state index >= 15 is 0 Å². The molecule has 7 nitrogen and oxygen atoms in total. The Morgan fingerprint density at radius 1 is 0.259 bits per heavy atom. The van der Waals surface area contributed by atoms with E-state index < -0.39 is 0 Å². The first kappa shape index (κ1) is 48.9. The van der Waals surface area contributed by atoms with Crippen molar-refractivity contribution in [3.8, 4) is 51.0 Å². The van der Waals surface area contributed by atoms with Gasteiger partial charge in [-0.3, -0.25) is 9.55 Å². The van der Waals surface area contributed by atoms with Crippen molar-refractivity contribution >= 4 is 98.3 Å². The number of nitrogens with zero attached hydrogens (tertiary/aromatic N) is 7. The number of hydrogen-bond acceptors (Lipinski definition) is 2. The van der Waals surface area contributed by atoms with Crippen molar-refractivity contribution < 1.29 is 0 Å². The Kier molecular flexibility index (Phi) is 10.6. The second-order valence-corrected chi connectivity index (χ2v) is 23.3. The average molecular weight is 1090 g/mol. The third-order valence-corrected chi connectivity index (χ3v) is 17.9. The van der Waals surface area contributed by atoms with Gasteiger partial charge in [-0.15, -0.1) is 0 Å². The molecule has 6 heterocycles. The van der Waals surface area contributed by atoms with Crippen LogP contribution in [0.1, 0.15) is 33.6 Å². The van der Waals surface area contributed by atoms with Crippen LogP contribution in [0.2, 0.25) is 0 Å². The molecule has 0 atom stereocenters. The van der Waals surface area contributed by atoms with E-state index in [2.05, 4.69) is 301 Å². The molecular weight excluding hydrogens is 1030 g/mol. The van der Waals surface area contributed by atoms with Gasteiger partial charge < -0.3 is 18.3 Å². The Morgan fingerprint density at radius 2 is 0.612 bits per heavy atom. The predicted octanol–water partition coefficient (Wildman–Crippen LogP) is 20.0. The fraction of sp³-hybridized carbons (Fsp3) is 0.0769. The molecule has 0 aliphatic heterocycles. The summed E-state index contributed by atoms with van der Waals surface area (Å²) in [4.78, 5) is 11.5. The van der Waals surface area contributed by atoms with Crippen LogP contribution in [0, 0.1) is 41.5 Å². The summed E-state index contributed by atoms with van der Waals surface area (Å²) in [6.45, 7) is 13.1. The van der Waals surface area contributed by atoms with Crippen LogP contribution in [0.25, 0.3) is 149 Å². The smallest absolute Gasteiger partial charge is 0.148 e. The Balaban J connectivity index is 1.29. The van der Waals surface area contributed by atoms with Crippen molar-refractivity contribution in [3.63, 3.8) is 0 Å². The molecule has 0 aliphatic rings. The van der Waals surface area contributed by atoms with E-state index in [-0.39, 0.29) is 0 Å². The highest BCUT2D eigenvalue weighted by Gasteiger charge is 2.38. The van der Waals surface area contributed by atoms with Crippen molar-refractivity contribution in [1.29, 1.82) is 0 Å². The highest BCUT2D eigenvalue weighted by molar-refractivity contribution is 6.19. The van der Waals surface area contributed by atoms with Crippen molar-refractivity contribution in [3.05, 3.63) is 270 Å². The number of pyridine rings is 1. The average Bonchev–Trinajstić information content (AvgIpc) is 1.72. The van der Waals surface area contributed by atoms with Gasteiger partial charge in [-0.05, 0) is 145 Å². The molecule has 0 radical (unpaired) electrons. The highest BCUT2D eigenvalue weighted by Crippen LogP contribution is 2.55. The lowest BCUT2D eigenvalue weighted by molar-refractivity contribution is 1.01. The van der Waals surface area contributed by atoms with Gasteiger partial charge >= 0.3 is 0 Å². The van der Waals surface area contributed by atoms with Crippen LogP contribution in [0.15, 0.2) is 237 Å². The van der Waals surface area contributed by atoms with E-state index in [4.69, 9.17) is 9.97 Å². The predicted molar refractivity (Wildman–Crippen MR) is 356 cm³/mol. The van der Waals surface area contributed by atoms with Gasteiger partial charge in [0.05, 0.1) is 83.5 Å². The molecule has 0 amide bonds. The van der Waals surface area contributed by atoms with Gasteiger partial charge in [0.1, 0.15) is 5.82 Å². The minimum atomic E-state index is 0.801. The molecule has 7 heteroatoms. The summed E-state index contributed by atoms with van der Waals surface area (Å²) in [6, 6.07) is 88.1. The first-order valence-corrected chi connectivity index (χ1v) is 29.4. The van der Waals surface area contributed by atoms with Crippen LogP contribution in [-0.2, 0) is 0 Å². The van der Waals surface area contributed by atoms with E-state index in [1.54, 1.807) is 0 Å². The molecule has 0 fully saturated rings. The first-order valence-electron chi connectivity index (χ1n) is 29.4. The minimum Gasteiger partial charge on any atom is -0.306 e. The topological polar surface area (TPSA) is 50.4 Å². The van der Waals surface area contributed by atoms with Crippen LogP contribution >= 0.6 is 0 Å². The van der Waals surface area contributed by atoms with Crippen LogP contribution in [0.4, 0.5) is 0 Å². The largest absolute Gasteiger partial charge is 0.306 e. The second-order valence-electron chi connectivity index (χ2n) is 23.3. The number of imidazole rings is 1. The van der Waals surface area contributed by atoms with Gasteiger partial charge in [-0.25, -0.2) is 4.98 Å². The summed E-state index contributed by atoms with van der Waals surface area (Å²) in [5.74, 6) is 0.801. The van der Waals surface area contributed by atoms with Crippen LogP contribution in [0.3, 0.4) is 0 Å². The molecule has 11 aromatic carbocycles. The van der Waals surface area contributed by atoms with Gasteiger partial charge in [0.2, 0.25) is 0 Å². The van der Waals surface area contributed by atoms with Crippen LogP contribution in [0.5, 0.6) is 0 Å². The van der Waals surface area contributed by atoms with Crippen LogP contribution in [-0.4, -0.2) is 32.8 Å². The molecule has 17 rings (SSSR count). The maximum Gasteiger partial charge on any atom is 0.148 e. The number of aromatic nitrogens is 7. The van der Waals surface area contributed by atoms with Crippen molar-refractivity contribution in [2.75, 3.05) is 0 Å². The molecule has 404 valence electrons. The molecule has 0 spiro atoms. The number of fused-ring (bicyclic) bond motifs is 13. The van der Waals surface area contributed by atoms with E-state index in [9.17, 15) is 0 Å². The molecule has 0 unspecified atom stereocenters. The lowest BCUT2D eigenvalue weighted by Gasteiger charge is -2.31. The van der Waals surface area contributed by atoms with Gasteiger partial charge in [0.15, 0.2) is 0 Å². The maximum atomic E-state index is 6.06. The van der Waals surface area contributed by atoms with Gasteiger partial charge in [0.25, 0.3) is 0 Å². The number of benzene rings is 11. The lowest BCUT2D eigenvalue weighted by atomic mass is 9.90. The summed E-state index contributed by atoms with van der Waals surface area (Å²) in [5.41, 5.74) is 25.2. The lowest BCUT2D eigenvalue weighted by Crippen LogP contribution is -2.17. The summed E-state index contributed by atoms with van der Waals surface area (Å²) < 4.78 is 12.8. The monoisotopic (exact) mass is 1090 g/mol. The highest BCUT2D eigenvalue weighted by atomic mass is 15.2. The Morgan fingerprint density at radius 3 is 1.04 bits per heavy atom. The maximum absolute atomic E-state index is 6.06. The molecule has 0 aliphatic carbocycles. The zero-order valence-electron chi connectivity index (χ0n) is 48.1. The third kappa shape index (κ3) is 7.07. The van der Waals surface area contributed by atoms with E-state index in [0.29, 0.717) is 0 Å². The quantitative estimate of drug-likeness (QED) is 0.160. The number of aryl methyl sites for hydroxylation is 6. The third-order valence-electron chi connectivity index (χ3n) is 17.9. The standard InChI is InChI=1S/C78H57N7/c1-46-32-38-67-58(42-46)54-22-10-15-27-63(54)82(67)74-72(53-37-36-50(5)79-51(53)6)73(78-80-62-26-14-19-31-71(62)81(78)52-20-8-7-9-21-52)75(83-64-28-16-11-23-55(64)59-43-47(2)33-39-68(59)83)77(85-66-30-18-13-25-57(66)61-45-49(4)35-41-70(61)85)76(74)84-65-29-17-12-24-56(65)60-44-48(3)34-40-69(60)84/h7-45H,1-6H3. The van der Waals surface area contributed by atoms with E-state index in [1.807, 2.05) is 0 Å². The van der Waals surface area contributed by atoms with Crippen molar-refractivity contribution in [1.82, 2.24) is 32.8 Å². The van der Waals surface area contributed by atoms with Crippen LogP contribution < -0.4 is 0 Å². The number of hydrogen-bond donors (Lipinski definition) is 0. The summed E-state index contributed by atoms with van der Waals surface area (Å²) >= 11 is 0. The molecular formula is C78H57N7. The molecule has 6 aromatic heterocycles. The molecule has 0 bridgehead atoms. The zero-order chi connectivity index (χ0) is 56.9. The number of rotatable bonds is 7. The summed E-state index contributed by atoms with van der Waals surface area (Å²) in [6.07, 6.45) is 0. The number of para-hydroxylation sites is 7. The van der Waals surface area contributed by atoms with Gasteiger partial charge in [0, 0.05) is 71.3 Å². The minimum absolute atomic E-state index is 0.801. The zero-order valence-corrected chi connectivity index (χ0v) is 48.1. The van der Waals surface area contributed by atoms with E-state index in [0.717, 1.165) is 123 Å². The SMILES string of the molecule is Cc1ccc2c(c1)c1ccccc1n2-c1c(-c2ccc(C)nc2C)c(-c2nc3ccccc3n2-c2ccccc2)c(-n2c3ccccc3c3cc(C)ccc32)c(-n2c3ccccc3c3cc(C)ccc32)c1-n1c2ccccc2c2cc(C)ccc21. The first-order chi connectivity index (χ1) is 41.7. The fourth-order valence-electron chi connectivity index (χ4n) is 14.3. The Hall–Kier alpha value is -10.8.